The van der Waals surface area contributed by atoms with Gasteiger partial charge in [-0.15, -0.1) is 10.2 Å². The number of rotatable bonds is 5. The molecule has 25 heavy (non-hydrogen) atoms. The number of nitrogens with one attached hydrogen (secondary N) is 2. The van der Waals surface area contributed by atoms with Crippen molar-refractivity contribution in [2.45, 2.75) is 27.2 Å². The molecule has 132 valence electrons. The molecule has 0 atom stereocenters. The highest BCUT2D eigenvalue weighted by Gasteiger charge is 2.22. The molecule has 2 rings (SSSR count). The maximum absolute atomic E-state index is 11.9. The van der Waals surface area contributed by atoms with Gasteiger partial charge in [-0.1, -0.05) is 61.9 Å². The van der Waals surface area contributed by atoms with Crippen LogP contribution in [0.25, 0.3) is 0 Å². The average Bonchev–Trinajstić information content (AvgIpc) is 2.95. The van der Waals surface area contributed by atoms with E-state index in [1.165, 1.54) is 6.21 Å². The second kappa shape index (κ2) is 8.17. The molecule has 0 aliphatic heterocycles. The number of carbonyl (C=O) groups is 2. The standard InChI is InChI=1S/C16H18ClN5O2S/c1-16(2,3)14(24)19-15-22-21-13(25-15)8-12(23)20-18-9-10-6-4-5-7-11(10)17/h4-7,9H,8H2,1-3H3,(H,20,23)(H,19,22,24)/b18-9+. The Hall–Kier alpha value is -2.32. The number of aromatic nitrogens is 2. The first kappa shape index (κ1) is 19.0. The smallest absolute Gasteiger partial charge is 0.247 e. The van der Waals surface area contributed by atoms with E-state index in [9.17, 15) is 9.59 Å². The van der Waals surface area contributed by atoms with Crippen molar-refractivity contribution in [1.29, 1.82) is 0 Å². The van der Waals surface area contributed by atoms with Crippen LogP contribution in [-0.4, -0.2) is 28.2 Å². The summed E-state index contributed by atoms with van der Waals surface area (Å²) < 4.78 is 0. The van der Waals surface area contributed by atoms with Crippen LogP contribution in [0.2, 0.25) is 5.02 Å². The molecular weight excluding hydrogens is 362 g/mol. The Bertz CT molecular complexity index is 798. The number of carbonyl (C=O) groups excluding carboxylic acids is 2. The first-order chi connectivity index (χ1) is 11.8. The van der Waals surface area contributed by atoms with E-state index in [0.29, 0.717) is 20.7 Å². The molecule has 0 aliphatic rings. The van der Waals surface area contributed by atoms with Crippen molar-refractivity contribution in [1.82, 2.24) is 15.6 Å². The maximum Gasteiger partial charge on any atom is 0.247 e. The van der Waals surface area contributed by atoms with Gasteiger partial charge in [0.1, 0.15) is 5.01 Å². The summed E-state index contributed by atoms with van der Waals surface area (Å²) in [7, 11) is 0. The number of amides is 2. The summed E-state index contributed by atoms with van der Waals surface area (Å²) in [6.07, 6.45) is 1.48. The molecule has 0 aliphatic carbocycles. The van der Waals surface area contributed by atoms with E-state index in [1.54, 1.807) is 32.9 Å². The van der Waals surface area contributed by atoms with Gasteiger partial charge in [0.05, 0.1) is 12.6 Å². The second-order valence-corrected chi connectivity index (χ2v) is 7.67. The van der Waals surface area contributed by atoms with Crippen LogP contribution in [-0.2, 0) is 16.0 Å². The molecule has 2 N–H and O–H groups in total. The number of nitrogens with zero attached hydrogens (tertiary/aromatic N) is 3. The zero-order chi connectivity index (χ0) is 18.4. The zero-order valence-corrected chi connectivity index (χ0v) is 15.6. The Morgan fingerprint density at radius 3 is 2.68 bits per heavy atom. The van der Waals surface area contributed by atoms with E-state index >= 15 is 0 Å². The Balaban J connectivity index is 1.87. The van der Waals surface area contributed by atoms with Crippen molar-refractivity contribution in [2.75, 3.05) is 5.32 Å². The minimum atomic E-state index is -0.531. The fraction of sp³-hybridized carbons (Fsp3) is 0.312. The summed E-state index contributed by atoms with van der Waals surface area (Å²) in [5.74, 6) is -0.503. The lowest BCUT2D eigenvalue weighted by Crippen LogP contribution is -2.27. The third-order valence-electron chi connectivity index (χ3n) is 2.98. The van der Waals surface area contributed by atoms with Gasteiger partial charge in [0.25, 0.3) is 0 Å². The Morgan fingerprint density at radius 1 is 1.28 bits per heavy atom. The number of benzene rings is 1. The molecule has 1 aromatic carbocycles. The number of halogens is 1. The molecule has 0 radical (unpaired) electrons. The van der Waals surface area contributed by atoms with Crippen LogP contribution in [0.15, 0.2) is 29.4 Å². The summed E-state index contributed by atoms with van der Waals surface area (Å²) in [6, 6.07) is 7.15. The first-order valence-corrected chi connectivity index (χ1v) is 8.65. The van der Waals surface area contributed by atoms with Gasteiger partial charge in [-0.2, -0.15) is 5.10 Å². The van der Waals surface area contributed by atoms with E-state index < -0.39 is 5.41 Å². The topological polar surface area (TPSA) is 96.3 Å². The highest BCUT2D eigenvalue weighted by molar-refractivity contribution is 7.15. The highest BCUT2D eigenvalue weighted by Crippen LogP contribution is 2.20. The molecule has 0 bridgehead atoms. The Labute approximate surface area is 154 Å². The summed E-state index contributed by atoms with van der Waals surface area (Å²) in [6.45, 7) is 5.40. The van der Waals surface area contributed by atoms with Crippen molar-refractivity contribution in [3.05, 3.63) is 39.9 Å². The van der Waals surface area contributed by atoms with Crippen LogP contribution in [0, 0.1) is 5.41 Å². The van der Waals surface area contributed by atoms with Gasteiger partial charge in [0, 0.05) is 16.0 Å². The maximum atomic E-state index is 11.9. The van der Waals surface area contributed by atoms with Crippen molar-refractivity contribution in [3.63, 3.8) is 0 Å². The van der Waals surface area contributed by atoms with Gasteiger partial charge in [0.15, 0.2) is 0 Å². The molecule has 2 aromatic rings. The van der Waals surface area contributed by atoms with Crippen LogP contribution in [0.1, 0.15) is 31.3 Å². The lowest BCUT2D eigenvalue weighted by Gasteiger charge is -2.15. The van der Waals surface area contributed by atoms with Gasteiger partial charge in [-0.3, -0.25) is 9.59 Å². The molecule has 1 aromatic heterocycles. The number of hydrogen-bond donors (Lipinski definition) is 2. The molecule has 0 saturated carbocycles. The average molecular weight is 380 g/mol. The van der Waals surface area contributed by atoms with Crippen LogP contribution >= 0.6 is 22.9 Å². The van der Waals surface area contributed by atoms with E-state index in [-0.39, 0.29) is 18.2 Å². The number of anilines is 1. The van der Waals surface area contributed by atoms with E-state index in [0.717, 1.165) is 11.3 Å². The van der Waals surface area contributed by atoms with Crippen molar-refractivity contribution < 1.29 is 9.59 Å². The summed E-state index contributed by atoms with van der Waals surface area (Å²) in [5, 5.41) is 15.7. The SMILES string of the molecule is CC(C)(C)C(=O)Nc1nnc(CC(=O)N/N=C/c2ccccc2Cl)s1. The number of hydrazone groups is 1. The van der Waals surface area contributed by atoms with E-state index in [1.807, 2.05) is 12.1 Å². The molecule has 7 nitrogen and oxygen atoms in total. The van der Waals surface area contributed by atoms with Gasteiger partial charge in [0.2, 0.25) is 16.9 Å². The third-order valence-corrected chi connectivity index (χ3v) is 4.16. The van der Waals surface area contributed by atoms with Gasteiger partial charge in [-0.25, -0.2) is 5.43 Å². The van der Waals surface area contributed by atoms with Crippen LogP contribution in [0.4, 0.5) is 5.13 Å². The monoisotopic (exact) mass is 379 g/mol. The minimum absolute atomic E-state index is 0.0168. The lowest BCUT2D eigenvalue weighted by atomic mass is 9.96. The van der Waals surface area contributed by atoms with Crippen molar-refractivity contribution in [3.8, 4) is 0 Å². The molecule has 0 saturated heterocycles. The van der Waals surface area contributed by atoms with Crippen molar-refractivity contribution in [2.24, 2.45) is 10.5 Å². The Kier molecular flexibility index (Phi) is 6.22. The van der Waals surface area contributed by atoms with Crippen molar-refractivity contribution >= 4 is 46.1 Å². The zero-order valence-electron chi connectivity index (χ0n) is 14.0. The fourth-order valence-electron chi connectivity index (χ4n) is 1.59. The first-order valence-electron chi connectivity index (χ1n) is 7.46. The molecule has 2 amide bonds. The van der Waals surface area contributed by atoms with Crippen LogP contribution in [0.5, 0.6) is 0 Å². The second-order valence-electron chi connectivity index (χ2n) is 6.20. The largest absolute Gasteiger partial charge is 0.300 e. The predicted octanol–water partition coefficient (Wildman–Crippen LogP) is 2.87. The van der Waals surface area contributed by atoms with E-state index in [4.69, 9.17) is 11.6 Å². The summed E-state index contributed by atoms with van der Waals surface area (Å²) >= 11 is 7.14. The molecule has 9 heteroatoms. The molecule has 0 spiro atoms. The lowest BCUT2D eigenvalue weighted by molar-refractivity contribution is -0.123. The fourth-order valence-corrected chi connectivity index (χ4v) is 2.51. The summed E-state index contributed by atoms with van der Waals surface area (Å²) in [4.78, 5) is 23.8. The van der Waals surface area contributed by atoms with E-state index in [2.05, 4.69) is 26.0 Å². The predicted molar refractivity (Wildman–Crippen MR) is 98.9 cm³/mol. The third kappa shape index (κ3) is 5.91. The van der Waals surface area contributed by atoms with Crippen LogP contribution in [0.3, 0.4) is 0 Å². The van der Waals surface area contributed by atoms with Gasteiger partial charge < -0.3 is 5.32 Å². The Morgan fingerprint density at radius 2 is 2.00 bits per heavy atom. The molecular formula is C16H18ClN5O2S. The minimum Gasteiger partial charge on any atom is -0.300 e. The van der Waals surface area contributed by atoms with Gasteiger partial charge >= 0.3 is 0 Å². The molecule has 0 fully saturated rings. The molecule has 1 heterocycles. The number of hydrogen-bond acceptors (Lipinski definition) is 6. The van der Waals surface area contributed by atoms with Gasteiger partial charge in [-0.05, 0) is 6.07 Å². The highest BCUT2D eigenvalue weighted by atomic mass is 35.5. The normalized spacial score (nSPS) is 11.5. The molecule has 0 unspecified atom stereocenters. The van der Waals surface area contributed by atoms with Crippen LogP contribution < -0.4 is 10.7 Å². The summed E-state index contributed by atoms with van der Waals surface area (Å²) in [5.41, 5.74) is 2.57. The quantitative estimate of drug-likeness (QED) is 0.616.